The number of nitrogens with zero attached hydrogens (tertiary/aromatic N) is 2. The molecule has 0 bridgehead atoms. The van der Waals surface area contributed by atoms with Crippen molar-refractivity contribution in [3.05, 3.63) is 241 Å². The van der Waals surface area contributed by atoms with Crippen molar-refractivity contribution in [1.82, 2.24) is 4.57 Å². The lowest BCUT2D eigenvalue weighted by Gasteiger charge is -2.26. The van der Waals surface area contributed by atoms with E-state index in [0.717, 1.165) is 53.9 Å². The minimum absolute atomic E-state index is 1.05. The van der Waals surface area contributed by atoms with Gasteiger partial charge in [0.2, 0.25) is 0 Å². The quantitative estimate of drug-likeness (QED) is 0.118. The molecule has 63 heavy (non-hydrogen) atoms. The number of rotatable bonds is 11. The third kappa shape index (κ3) is 7.89. The Morgan fingerprint density at radius 2 is 1.13 bits per heavy atom. The van der Waals surface area contributed by atoms with Crippen molar-refractivity contribution in [3.8, 4) is 39.1 Å². The van der Waals surface area contributed by atoms with Crippen LogP contribution in [0.2, 0.25) is 0 Å². The van der Waals surface area contributed by atoms with Crippen LogP contribution in [0, 0.1) is 0 Å². The topological polar surface area (TPSA) is 8.17 Å². The summed E-state index contributed by atoms with van der Waals surface area (Å²) in [4.78, 5) is 2.34. The standard InChI is InChI=1S/C61H50N2/c1-3-16-44(17-4-2)47-30-36-54(37-31-47)62(55-38-32-48(33-39-55)45-18-8-5-9-19-45)56-40-34-49(35-41-56)46-26-28-50(29-27-46)52-42-58(51-20-10-6-11-21-51)61-59(43-52)57-24-14-15-25-60(57)63(61)53-22-12-7-13-23-53/h3-4,6-8,10-13,16-43H,1,5,9,14-15H2,2H3/b17-4-,44-16+. The van der Waals surface area contributed by atoms with Crippen LogP contribution in [0.15, 0.2) is 219 Å². The van der Waals surface area contributed by atoms with Gasteiger partial charge in [0.25, 0.3) is 0 Å². The largest absolute Gasteiger partial charge is 0.311 e. The molecule has 2 aliphatic rings. The van der Waals surface area contributed by atoms with E-state index in [0.29, 0.717) is 0 Å². The summed E-state index contributed by atoms with van der Waals surface area (Å²) >= 11 is 0. The molecule has 0 unspecified atom stereocenters. The summed E-state index contributed by atoms with van der Waals surface area (Å²) in [6.45, 7) is 5.98. The fourth-order valence-corrected chi connectivity index (χ4v) is 9.27. The van der Waals surface area contributed by atoms with E-state index in [2.05, 4.69) is 235 Å². The highest BCUT2D eigenvalue weighted by Gasteiger charge is 2.19. The summed E-state index contributed by atoms with van der Waals surface area (Å²) in [5, 5.41) is 3.92. The van der Waals surface area contributed by atoms with E-state index in [9.17, 15) is 0 Å². The molecule has 0 atom stereocenters. The molecule has 2 aliphatic carbocycles. The number of fused-ring (bicyclic) bond motifs is 3. The second-order valence-electron chi connectivity index (χ2n) is 16.3. The van der Waals surface area contributed by atoms with Gasteiger partial charge in [0, 0.05) is 44.3 Å². The average Bonchev–Trinajstić information content (AvgIpc) is 3.70. The predicted octanol–water partition coefficient (Wildman–Crippen LogP) is 15.3. The Hall–Kier alpha value is -7.68. The first-order valence-electron chi connectivity index (χ1n) is 22.2. The molecular formula is C61H50N2. The smallest absolute Gasteiger partial charge is 0.0619 e. The van der Waals surface area contributed by atoms with Gasteiger partial charge in [0.1, 0.15) is 0 Å². The summed E-state index contributed by atoms with van der Waals surface area (Å²) in [5.41, 5.74) is 17.8. The van der Waals surface area contributed by atoms with Crippen LogP contribution in [-0.2, 0) is 0 Å². The second kappa shape index (κ2) is 17.7. The fourth-order valence-electron chi connectivity index (χ4n) is 9.27. The number of para-hydroxylation sites is 1. The van der Waals surface area contributed by atoms with E-state index in [-0.39, 0.29) is 0 Å². The van der Waals surface area contributed by atoms with Gasteiger partial charge in [0.15, 0.2) is 0 Å². The summed E-state index contributed by atoms with van der Waals surface area (Å²) in [7, 11) is 0. The Morgan fingerprint density at radius 3 is 1.75 bits per heavy atom. The molecule has 304 valence electrons. The summed E-state index contributed by atoms with van der Waals surface area (Å²) in [6.07, 6.45) is 24.1. The zero-order chi connectivity index (χ0) is 42.5. The van der Waals surface area contributed by atoms with Gasteiger partial charge in [-0.3, -0.25) is 0 Å². The van der Waals surface area contributed by atoms with Gasteiger partial charge in [-0.05, 0) is 143 Å². The second-order valence-corrected chi connectivity index (χ2v) is 16.3. The summed E-state index contributed by atoms with van der Waals surface area (Å²) in [6, 6.07) is 62.4. The highest BCUT2D eigenvalue weighted by molar-refractivity contribution is 6.00. The van der Waals surface area contributed by atoms with Crippen molar-refractivity contribution in [3.63, 3.8) is 0 Å². The molecule has 8 aromatic rings. The lowest BCUT2D eigenvalue weighted by molar-refractivity contribution is 1.02. The highest BCUT2D eigenvalue weighted by atomic mass is 15.1. The maximum absolute atomic E-state index is 3.94. The molecule has 0 amide bonds. The molecule has 1 heterocycles. The molecule has 0 spiro atoms. The molecule has 2 heteroatoms. The Morgan fingerprint density at radius 1 is 0.556 bits per heavy atom. The Labute approximate surface area is 371 Å². The van der Waals surface area contributed by atoms with Crippen LogP contribution in [0.1, 0.15) is 43.7 Å². The molecule has 10 rings (SSSR count). The van der Waals surface area contributed by atoms with Crippen LogP contribution in [0.5, 0.6) is 0 Å². The number of benzene rings is 7. The van der Waals surface area contributed by atoms with Crippen LogP contribution in [0.4, 0.5) is 17.1 Å². The van der Waals surface area contributed by atoms with Crippen LogP contribution < -0.4 is 15.5 Å². The van der Waals surface area contributed by atoms with E-state index >= 15 is 0 Å². The Balaban J connectivity index is 1.00. The third-order valence-corrected chi connectivity index (χ3v) is 12.3. The lowest BCUT2D eigenvalue weighted by atomic mass is 9.94. The molecule has 0 fully saturated rings. The maximum Gasteiger partial charge on any atom is 0.0619 e. The van der Waals surface area contributed by atoms with Crippen LogP contribution in [-0.4, -0.2) is 4.57 Å². The molecule has 0 N–H and O–H groups in total. The Kier molecular flexibility index (Phi) is 11.1. The normalized spacial score (nSPS) is 13.6. The highest BCUT2D eigenvalue weighted by Crippen LogP contribution is 2.39. The number of hydrogen-bond acceptors (Lipinski definition) is 1. The van der Waals surface area contributed by atoms with Crippen molar-refractivity contribution in [2.24, 2.45) is 0 Å². The van der Waals surface area contributed by atoms with Gasteiger partial charge in [-0.15, -0.1) is 0 Å². The molecule has 7 aromatic carbocycles. The van der Waals surface area contributed by atoms with Gasteiger partial charge < -0.3 is 9.47 Å². The SMILES string of the molecule is C=C/C=C(\C=C/C)c1ccc(N(c2ccc(C3=CCCC=C3)cc2)c2ccc(-c3ccc(-c4cc(-c5ccccc5)c5c(c4)c4c(n5-c5ccccc5)=CCCC=4)cc3)cc2)cc1. The first-order chi connectivity index (χ1) is 31.2. The molecule has 0 aliphatic heterocycles. The molecule has 2 nitrogen and oxygen atoms in total. The van der Waals surface area contributed by atoms with Crippen LogP contribution in [0.3, 0.4) is 0 Å². The monoisotopic (exact) mass is 810 g/mol. The third-order valence-electron chi connectivity index (χ3n) is 12.3. The summed E-state index contributed by atoms with van der Waals surface area (Å²) < 4.78 is 2.47. The maximum atomic E-state index is 3.94. The first-order valence-corrected chi connectivity index (χ1v) is 22.2. The first kappa shape index (κ1) is 39.5. The number of allylic oxidation sites excluding steroid dienone is 9. The predicted molar refractivity (Wildman–Crippen MR) is 271 cm³/mol. The average molecular weight is 811 g/mol. The molecule has 0 radical (unpaired) electrons. The minimum atomic E-state index is 1.05. The zero-order valence-corrected chi connectivity index (χ0v) is 35.8. The van der Waals surface area contributed by atoms with E-state index in [1.807, 2.05) is 13.0 Å². The van der Waals surface area contributed by atoms with Gasteiger partial charge in [0.05, 0.1) is 5.52 Å². The summed E-state index contributed by atoms with van der Waals surface area (Å²) in [5.74, 6) is 0. The zero-order valence-electron chi connectivity index (χ0n) is 35.8. The molecule has 1 aromatic heterocycles. The molecule has 0 saturated heterocycles. The van der Waals surface area contributed by atoms with Crippen molar-refractivity contribution >= 4 is 51.3 Å². The van der Waals surface area contributed by atoms with E-state index in [1.165, 1.54) is 71.7 Å². The van der Waals surface area contributed by atoms with E-state index in [1.54, 1.807) is 0 Å². The van der Waals surface area contributed by atoms with Crippen LogP contribution >= 0.6 is 0 Å². The van der Waals surface area contributed by atoms with E-state index < -0.39 is 0 Å². The molecular weight excluding hydrogens is 761 g/mol. The van der Waals surface area contributed by atoms with Gasteiger partial charge in [-0.25, -0.2) is 0 Å². The lowest BCUT2D eigenvalue weighted by Crippen LogP contribution is -2.30. The Bertz CT molecular complexity index is 3180. The van der Waals surface area contributed by atoms with Gasteiger partial charge in [-0.1, -0.05) is 170 Å². The van der Waals surface area contributed by atoms with Crippen molar-refractivity contribution in [2.75, 3.05) is 4.90 Å². The van der Waals surface area contributed by atoms with Crippen molar-refractivity contribution < 1.29 is 0 Å². The fraction of sp³-hybridized carbons (Fsp3) is 0.0820. The van der Waals surface area contributed by atoms with Crippen molar-refractivity contribution in [1.29, 1.82) is 0 Å². The number of aromatic nitrogens is 1. The van der Waals surface area contributed by atoms with Crippen molar-refractivity contribution in [2.45, 2.75) is 32.6 Å². The van der Waals surface area contributed by atoms with Gasteiger partial charge in [-0.2, -0.15) is 0 Å². The van der Waals surface area contributed by atoms with Crippen LogP contribution in [0.25, 0.3) is 73.3 Å². The van der Waals surface area contributed by atoms with Gasteiger partial charge >= 0.3 is 0 Å². The number of hydrogen-bond donors (Lipinski definition) is 0. The number of anilines is 3. The minimum Gasteiger partial charge on any atom is -0.311 e. The van der Waals surface area contributed by atoms with E-state index in [4.69, 9.17) is 0 Å². The molecule has 0 saturated carbocycles.